The van der Waals surface area contributed by atoms with Gasteiger partial charge in [0.25, 0.3) is 10.2 Å². The van der Waals surface area contributed by atoms with Gasteiger partial charge in [-0.15, -0.1) is 0 Å². The summed E-state index contributed by atoms with van der Waals surface area (Å²) in [5.74, 6) is 0.421. The first kappa shape index (κ1) is 27.7. The first-order valence-electron chi connectivity index (χ1n) is 11.3. The molecule has 3 rings (SSSR count). The van der Waals surface area contributed by atoms with Crippen LogP contribution in [0.25, 0.3) is 0 Å². The highest BCUT2D eigenvalue weighted by Gasteiger charge is 2.32. The number of aromatic hydroxyl groups is 1. The molecule has 13 heteroatoms. The normalized spacial score (nSPS) is 16.6. The molecule has 36 heavy (non-hydrogen) atoms. The van der Waals surface area contributed by atoms with E-state index in [9.17, 15) is 21.9 Å². The summed E-state index contributed by atoms with van der Waals surface area (Å²) in [6, 6.07) is 7.10. The van der Waals surface area contributed by atoms with E-state index in [1.165, 1.54) is 22.5 Å². The molecule has 5 N–H and O–H groups in total. The van der Waals surface area contributed by atoms with Gasteiger partial charge in [-0.25, -0.2) is 13.6 Å². The van der Waals surface area contributed by atoms with E-state index in [0.29, 0.717) is 24.6 Å². The summed E-state index contributed by atoms with van der Waals surface area (Å²) in [5.41, 5.74) is -0.556. The van der Waals surface area contributed by atoms with Crippen molar-refractivity contribution in [3.63, 3.8) is 0 Å². The minimum Gasteiger partial charge on any atom is -0.504 e. The highest BCUT2D eigenvalue weighted by molar-refractivity contribution is 7.89. The predicted octanol–water partition coefficient (Wildman–Crippen LogP) is 2.98. The van der Waals surface area contributed by atoms with Crippen molar-refractivity contribution in [3.05, 3.63) is 54.1 Å². The van der Waals surface area contributed by atoms with Gasteiger partial charge in [0.05, 0.1) is 11.4 Å². The number of rotatable bonds is 8. The number of aliphatic imine (C=N–C) groups is 1. The average molecular weight is 540 g/mol. The molecular weight excluding hydrogens is 506 g/mol. The number of furan rings is 1. The van der Waals surface area contributed by atoms with Crippen molar-refractivity contribution in [1.29, 1.82) is 0 Å². The number of aryl methyl sites for hydroxylation is 1. The van der Waals surface area contributed by atoms with Crippen molar-refractivity contribution in [2.75, 3.05) is 18.4 Å². The minimum absolute atomic E-state index is 0.00495. The molecule has 0 spiro atoms. The molecule has 1 fully saturated rings. The van der Waals surface area contributed by atoms with Crippen molar-refractivity contribution in [3.8, 4) is 5.75 Å². The standard InChI is InChI=1S/C23H33N5O6S2/c1-15-11-12-18(34-15)21(23(3,4)5)26-22(27-36(24,32)33)16(2)25-17-9-8-10-19(20(17)29)35(30,31)28-13-6-7-14-28/h8-12,21,25,29H,2,6-7,13-14H2,1,3-5H3,(H,26,27)(H2,24,32,33)/t21-/m0/s1. The Labute approximate surface area is 212 Å². The lowest BCUT2D eigenvalue weighted by Gasteiger charge is -2.27. The topological polar surface area (TPSA) is 167 Å². The first-order valence-corrected chi connectivity index (χ1v) is 14.3. The summed E-state index contributed by atoms with van der Waals surface area (Å²) in [4.78, 5) is 4.29. The Morgan fingerprint density at radius 3 is 2.33 bits per heavy atom. The van der Waals surface area contributed by atoms with Crippen LogP contribution in [0.3, 0.4) is 0 Å². The third kappa shape index (κ3) is 6.46. The molecule has 1 saturated heterocycles. The third-order valence-electron chi connectivity index (χ3n) is 5.60. The Bertz CT molecular complexity index is 1370. The lowest BCUT2D eigenvalue weighted by Crippen LogP contribution is -2.39. The first-order chi connectivity index (χ1) is 16.6. The molecule has 0 aliphatic carbocycles. The van der Waals surface area contributed by atoms with Gasteiger partial charge >= 0.3 is 0 Å². The van der Waals surface area contributed by atoms with Crippen LogP contribution in [0.4, 0.5) is 5.69 Å². The molecule has 1 aliphatic rings. The smallest absolute Gasteiger partial charge is 0.297 e. The largest absolute Gasteiger partial charge is 0.504 e. The van der Waals surface area contributed by atoms with Crippen molar-refractivity contribution in [2.24, 2.45) is 15.5 Å². The second-order valence-corrected chi connectivity index (χ2v) is 12.9. The second kappa shape index (κ2) is 10.2. The minimum atomic E-state index is -4.26. The molecule has 0 radical (unpaired) electrons. The molecule has 2 aromatic rings. The zero-order chi connectivity index (χ0) is 26.9. The number of benzene rings is 1. The van der Waals surface area contributed by atoms with Crippen LogP contribution in [0.5, 0.6) is 5.75 Å². The van der Waals surface area contributed by atoms with Crippen LogP contribution >= 0.6 is 0 Å². The van der Waals surface area contributed by atoms with E-state index in [4.69, 9.17) is 9.56 Å². The average Bonchev–Trinajstić information content (AvgIpc) is 3.43. The van der Waals surface area contributed by atoms with E-state index in [2.05, 4.69) is 21.6 Å². The lowest BCUT2D eigenvalue weighted by molar-refractivity contribution is 0.283. The molecule has 0 saturated carbocycles. The van der Waals surface area contributed by atoms with Crippen molar-refractivity contribution < 1.29 is 26.4 Å². The molecule has 0 amide bonds. The maximum Gasteiger partial charge on any atom is 0.297 e. The summed E-state index contributed by atoms with van der Waals surface area (Å²) in [5, 5.41) is 18.8. The Kier molecular flexibility index (Phi) is 7.89. The van der Waals surface area contributed by atoms with Gasteiger partial charge < -0.3 is 14.8 Å². The van der Waals surface area contributed by atoms with Gasteiger partial charge in [-0.2, -0.15) is 12.7 Å². The van der Waals surface area contributed by atoms with Crippen LogP contribution in [-0.4, -0.2) is 45.2 Å². The summed E-state index contributed by atoms with van der Waals surface area (Å²) >= 11 is 0. The van der Waals surface area contributed by atoms with Crippen LogP contribution in [0.15, 0.2) is 56.9 Å². The zero-order valence-corrected chi connectivity index (χ0v) is 22.4. The highest BCUT2D eigenvalue weighted by Crippen LogP contribution is 2.38. The highest BCUT2D eigenvalue weighted by atomic mass is 32.2. The van der Waals surface area contributed by atoms with Gasteiger partial charge in [-0.1, -0.05) is 33.4 Å². The van der Waals surface area contributed by atoms with E-state index >= 15 is 0 Å². The van der Waals surface area contributed by atoms with E-state index < -0.39 is 37.4 Å². The quantitative estimate of drug-likeness (QED) is 0.227. The fourth-order valence-corrected chi connectivity index (χ4v) is 5.90. The van der Waals surface area contributed by atoms with Crippen molar-refractivity contribution in [2.45, 2.75) is 51.5 Å². The zero-order valence-electron chi connectivity index (χ0n) is 20.8. The molecule has 198 valence electrons. The van der Waals surface area contributed by atoms with Gasteiger partial charge in [0, 0.05) is 13.1 Å². The van der Waals surface area contributed by atoms with Crippen LogP contribution in [0.1, 0.15) is 51.2 Å². The molecule has 1 aliphatic heterocycles. The summed E-state index contributed by atoms with van der Waals surface area (Å²) < 4.78 is 59.1. The SMILES string of the molecule is C=C(Nc1cccc(S(=O)(=O)N2CCCC2)c1O)C(=N[C@@H](c1ccc(C)o1)C(C)(C)C)NS(N)(=O)=O. The fraction of sp³-hybridized carbons (Fsp3) is 0.435. The number of nitrogens with zero attached hydrogens (tertiary/aromatic N) is 2. The number of phenolic OH excluding ortho intramolecular Hbond substituents is 1. The number of anilines is 1. The van der Waals surface area contributed by atoms with E-state index in [1.54, 1.807) is 19.1 Å². The summed E-state index contributed by atoms with van der Waals surface area (Å²) in [7, 11) is -8.17. The molecule has 0 unspecified atom stereocenters. The molecule has 1 atom stereocenters. The Balaban J connectivity index is 2.00. The van der Waals surface area contributed by atoms with Gasteiger partial charge in [-0.3, -0.25) is 9.71 Å². The number of nitrogens with two attached hydrogens (primary N) is 1. The monoisotopic (exact) mass is 539 g/mol. The number of nitrogens with one attached hydrogen (secondary N) is 2. The summed E-state index contributed by atoms with van der Waals surface area (Å²) in [6.07, 6.45) is 1.50. The number of amidine groups is 1. The molecule has 0 bridgehead atoms. The van der Waals surface area contributed by atoms with Crippen LogP contribution in [0, 0.1) is 12.3 Å². The number of hydrogen-bond acceptors (Lipinski definition) is 8. The number of phenols is 1. The molecule has 1 aromatic heterocycles. The van der Waals surface area contributed by atoms with Crippen molar-refractivity contribution in [1.82, 2.24) is 9.03 Å². The van der Waals surface area contributed by atoms with Gasteiger partial charge in [-0.05, 0) is 49.4 Å². The molecular formula is C23H33N5O6S2. The molecule has 2 heterocycles. The Morgan fingerprint density at radius 1 is 1.17 bits per heavy atom. The van der Waals surface area contributed by atoms with E-state index in [0.717, 1.165) is 12.8 Å². The van der Waals surface area contributed by atoms with E-state index in [-0.39, 0.29) is 22.1 Å². The Hall–Kier alpha value is -2.87. The second-order valence-electron chi connectivity index (χ2n) is 9.71. The fourth-order valence-electron chi connectivity index (χ4n) is 3.83. The number of sulfonamides is 1. The Morgan fingerprint density at radius 2 is 1.81 bits per heavy atom. The summed E-state index contributed by atoms with van der Waals surface area (Å²) in [6.45, 7) is 12.1. The maximum atomic E-state index is 13.0. The lowest BCUT2D eigenvalue weighted by atomic mass is 9.85. The maximum absolute atomic E-state index is 13.0. The van der Waals surface area contributed by atoms with Gasteiger partial charge in [0.15, 0.2) is 11.6 Å². The number of para-hydroxylation sites is 1. The number of hydrogen-bond donors (Lipinski definition) is 4. The van der Waals surface area contributed by atoms with Crippen LogP contribution in [-0.2, 0) is 20.2 Å². The van der Waals surface area contributed by atoms with Gasteiger partial charge in [0.2, 0.25) is 10.0 Å². The molecule has 11 nitrogen and oxygen atoms in total. The van der Waals surface area contributed by atoms with E-state index in [1.807, 2.05) is 20.8 Å². The predicted molar refractivity (Wildman–Crippen MR) is 138 cm³/mol. The van der Waals surface area contributed by atoms with Crippen molar-refractivity contribution >= 4 is 31.8 Å². The molecule has 1 aromatic carbocycles. The third-order valence-corrected chi connectivity index (χ3v) is 8.01. The van der Waals surface area contributed by atoms with Crippen LogP contribution in [0.2, 0.25) is 0 Å². The van der Waals surface area contributed by atoms with Gasteiger partial charge in [0.1, 0.15) is 22.5 Å². The van der Waals surface area contributed by atoms with Crippen LogP contribution < -0.4 is 15.2 Å².